The lowest BCUT2D eigenvalue weighted by Crippen LogP contribution is -2.48. The van der Waals surface area contributed by atoms with Crippen molar-refractivity contribution >= 4 is 11.8 Å². The van der Waals surface area contributed by atoms with Gasteiger partial charge in [-0.15, -0.1) is 0 Å². The first-order valence-electron chi connectivity index (χ1n) is 11.9. The molecule has 33 heavy (non-hydrogen) atoms. The third kappa shape index (κ3) is 5.16. The summed E-state index contributed by atoms with van der Waals surface area (Å²) in [5.41, 5.74) is 3.50. The van der Waals surface area contributed by atoms with Crippen molar-refractivity contribution in [2.45, 2.75) is 45.6 Å². The van der Waals surface area contributed by atoms with Gasteiger partial charge in [-0.05, 0) is 49.9 Å². The lowest BCUT2D eigenvalue weighted by atomic mass is 9.98. The van der Waals surface area contributed by atoms with E-state index in [0.29, 0.717) is 18.7 Å². The molecule has 1 N–H and O–H groups in total. The molecule has 3 aromatic rings. The zero-order valence-corrected chi connectivity index (χ0v) is 19.4. The fourth-order valence-electron chi connectivity index (χ4n) is 4.52. The SMILES string of the molecule is CCC(CC)C(=O)N1CCC(NC(=O)c2cccc(-n3nccc3-c3ccccc3)c2)CC1. The lowest BCUT2D eigenvalue weighted by molar-refractivity contribution is -0.136. The molecule has 2 aromatic carbocycles. The van der Waals surface area contributed by atoms with Gasteiger partial charge in [0, 0.05) is 36.2 Å². The summed E-state index contributed by atoms with van der Waals surface area (Å²) in [6.45, 7) is 5.54. The molecule has 0 spiro atoms. The maximum absolute atomic E-state index is 13.0. The fraction of sp³-hybridized carbons (Fsp3) is 0.370. The zero-order chi connectivity index (χ0) is 23.2. The van der Waals surface area contributed by atoms with Gasteiger partial charge in [0.1, 0.15) is 0 Å². The summed E-state index contributed by atoms with van der Waals surface area (Å²) in [5, 5.41) is 7.64. The average Bonchev–Trinajstić information content (AvgIpc) is 3.36. The molecule has 0 aliphatic carbocycles. The van der Waals surface area contributed by atoms with E-state index in [2.05, 4.69) is 24.3 Å². The number of rotatable bonds is 7. The first-order chi connectivity index (χ1) is 16.1. The Morgan fingerprint density at radius 1 is 1.00 bits per heavy atom. The highest BCUT2D eigenvalue weighted by molar-refractivity contribution is 5.95. The predicted molar refractivity (Wildman–Crippen MR) is 130 cm³/mol. The zero-order valence-electron chi connectivity index (χ0n) is 19.4. The predicted octanol–water partition coefficient (Wildman–Crippen LogP) is 4.70. The first-order valence-corrected chi connectivity index (χ1v) is 11.9. The molecule has 2 amide bonds. The van der Waals surface area contributed by atoms with Crippen LogP contribution in [0.5, 0.6) is 0 Å². The van der Waals surface area contributed by atoms with E-state index >= 15 is 0 Å². The molecule has 1 aliphatic rings. The van der Waals surface area contributed by atoms with E-state index in [1.54, 1.807) is 6.20 Å². The molecule has 1 aliphatic heterocycles. The second kappa shape index (κ2) is 10.5. The molecule has 0 radical (unpaired) electrons. The van der Waals surface area contributed by atoms with Gasteiger partial charge >= 0.3 is 0 Å². The summed E-state index contributed by atoms with van der Waals surface area (Å²) >= 11 is 0. The van der Waals surface area contributed by atoms with Crippen LogP contribution < -0.4 is 5.32 Å². The van der Waals surface area contributed by atoms with Gasteiger partial charge in [0.05, 0.1) is 17.6 Å². The van der Waals surface area contributed by atoms with Crippen molar-refractivity contribution in [1.29, 1.82) is 0 Å². The topological polar surface area (TPSA) is 67.2 Å². The van der Waals surface area contributed by atoms with Gasteiger partial charge in [0.15, 0.2) is 0 Å². The monoisotopic (exact) mass is 444 g/mol. The largest absolute Gasteiger partial charge is 0.349 e. The molecule has 0 bridgehead atoms. The van der Waals surface area contributed by atoms with Crippen LogP contribution in [0.2, 0.25) is 0 Å². The molecular weight excluding hydrogens is 412 g/mol. The summed E-state index contributed by atoms with van der Waals surface area (Å²) < 4.78 is 1.86. The number of carbonyl (C=O) groups excluding carboxylic acids is 2. The Balaban J connectivity index is 1.41. The molecule has 6 heteroatoms. The number of amides is 2. The minimum absolute atomic E-state index is 0.0801. The Bertz CT molecular complexity index is 1080. The van der Waals surface area contributed by atoms with Gasteiger partial charge in [-0.2, -0.15) is 5.10 Å². The van der Waals surface area contributed by atoms with E-state index in [0.717, 1.165) is 42.6 Å². The number of nitrogens with zero attached hydrogens (tertiary/aromatic N) is 3. The van der Waals surface area contributed by atoms with E-state index in [4.69, 9.17) is 0 Å². The van der Waals surface area contributed by atoms with Crippen molar-refractivity contribution < 1.29 is 9.59 Å². The number of benzene rings is 2. The summed E-state index contributed by atoms with van der Waals surface area (Å²) in [7, 11) is 0. The number of aromatic nitrogens is 2. The van der Waals surface area contributed by atoms with Crippen molar-refractivity contribution in [3.8, 4) is 16.9 Å². The van der Waals surface area contributed by atoms with Crippen LogP contribution >= 0.6 is 0 Å². The maximum Gasteiger partial charge on any atom is 0.251 e. The third-order valence-corrected chi connectivity index (χ3v) is 6.54. The number of piperidine rings is 1. The molecule has 172 valence electrons. The second-order valence-electron chi connectivity index (χ2n) is 8.63. The van der Waals surface area contributed by atoms with Crippen LogP contribution in [-0.2, 0) is 4.79 Å². The lowest BCUT2D eigenvalue weighted by Gasteiger charge is -2.34. The van der Waals surface area contributed by atoms with Crippen LogP contribution in [0, 0.1) is 5.92 Å². The van der Waals surface area contributed by atoms with Crippen LogP contribution in [-0.4, -0.2) is 45.6 Å². The fourth-order valence-corrected chi connectivity index (χ4v) is 4.52. The van der Waals surface area contributed by atoms with Gasteiger partial charge in [0.2, 0.25) is 5.91 Å². The van der Waals surface area contributed by atoms with Crippen LogP contribution in [0.4, 0.5) is 0 Å². The number of nitrogens with one attached hydrogen (secondary N) is 1. The molecule has 0 atom stereocenters. The summed E-state index contributed by atoms with van der Waals surface area (Å²) in [5.74, 6) is 0.280. The quantitative estimate of drug-likeness (QED) is 0.575. The van der Waals surface area contributed by atoms with Gasteiger partial charge in [-0.25, -0.2) is 4.68 Å². The summed E-state index contributed by atoms with van der Waals surface area (Å²) in [6, 6.07) is 19.7. The van der Waals surface area contributed by atoms with Crippen LogP contribution in [0.3, 0.4) is 0 Å². The number of likely N-dealkylation sites (tertiary alicyclic amines) is 1. The Morgan fingerprint density at radius 2 is 1.73 bits per heavy atom. The molecule has 0 saturated carbocycles. The smallest absolute Gasteiger partial charge is 0.251 e. The van der Waals surface area contributed by atoms with E-state index in [1.807, 2.05) is 70.2 Å². The van der Waals surface area contributed by atoms with E-state index in [9.17, 15) is 9.59 Å². The third-order valence-electron chi connectivity index (χ3n) is 6.54. The van der Waals surface area contributed by atoms with E-state index < -0.39 is 0 Å². The second-order valence-corrected chi connectivity index (χ2v) is 8.63. The van der Waals surface area contributed by atoms with Crippen LogP contribution in [0.15, 0.2) is 66.9 Å². The van der Waals surface area contributed by atoms with Gasteiger partial charge in [-0.1, -0.05) is 50.2 Å². The Morgan fingerprint density at radius 3 is 2.42 bits per heavy atom. The van der Waals surface area contributed by atoms with Crippen molar-refractivity contribution in [1.82, 2.24) is 20.0 Å². The molecule has 2 heterocycles. The van der Waals surface area contributed by atoms with Crippen molar-refractivity contribution in [2.24, 2.45) is 5.92 Å². The summed E-state index contributed by atoms with van der Waals surface area (Å²) in [4.78, 5) is 27.6. The minimum Gasteiger partial charge on any atom is -0.349 e. The minimum atomic E-state index is -0.0879. The van der Waals surface area contributed by atoms with Crippen LogP contribution in [0.1, 0.15) is 49.9 Å². The average molecular weight is 445 g/mol. The first kappa shape index (κ1) is 22.8. The molecule has 1 saturated heterocycles. The molecule has 6 nitrogen and oxygen atoms in total. The van der Waals surface area contributed by atoms with E-state index in [-0.39, 0.29) is 23.8 Å². The van der Waals surface area contributed by atoms with Gasteiger partial charge < -0.3 is 10.2 Å². The number of carbonyl (C=O) groups is 2. The number of hydrogen-bond donors (Lipinski definition) is 1. The van der Waals surface area contributed by atoms with Crippen LogP contribution in [0.25, 0.3) is 16.9 Å². The maximum atomic E-state index is 13.0. The molecule has 0 unspecified atom stereocenters. The molecular formula is C27H32N4O2. The Kier molecular flexibility index (Phi) is 7.23. The Labute approximate surface area is 195 Å². The Hall–Kier alpha value is -3.41. The summed E-state index contributed by atoms with van der Waals surface area (Å²) in [6.07, 6.45) is 5.10. The molecule has 1 aromatic heterocycles. The van der Waals surface area contributed by atoms with Gasteiger partial charge in [0.25, 0.3) is 5.91 Å². The highest BCUT2D eigenvalue weighted by atomic mass is 16.2. The van der Waals surface area contributed by atoms with Gasteiger partial charge in [-0.3, -0.25) is 9.59 Å². The molecule has 1 fully saturated rings. The van der Waals surface area contributed by atoms with Crippen molar-refractivity contribution in [3.05, 3.63) is 72.4 Å². The number of hydrogen-bond acceptors (Lipinski definition) is 3. The highest BCUT2D eigenvalue weighted by Crippen LogP contribution is 2.23. The van der Waals surface area contributed by atoms with E-state index in [1.165, 1.54) is 0 Å². The standard InChI is InChI=1S/C27H32N4O2/c1-3-20(4-2)27(33)30-17-14-23(15-18-30)29-26(32)22-11-8-12-24(19-22)31-25(13-16-28-31)21-9-6-5-7-10-21/h5-13,16,19-20,23H,3-4,14-15,17-18H2,1-2H3,(H,29,32). The highest BCUT2D eigenvalue weighted by Gasteiger charge is 2.27. The van der Waals surface area contributed by atoms with Crippen molar-refractivity contribution in [2.75, 3.05) is 13.1 Å². The molecule has 4 rings (SSSR count). The van der Waals surface area contributed by atoms with Crippen molar-refractivity contribution in [3.63, 3.8) is 0 Å². The normalized spacial score (nSPS) is 14.5.